The maximum atomic E-state index is 11.7. The largest absolute Gasteiger partial charge is 0.573 e. The van der Waals surface area contributed by atoms with Crippen LogP contribution in [0.15, 0.2) is 24.3 Å². The van der Waals surface area contributed by atoms with Crippen molar-refractivity contribution in [1.29, 1.82) is 0 Å². The summed E-state index contributed by atoms with van der Waals surface area (Å²) >= 11 is 0. The van der Waals surface area contributed by atoms with Gasteiger partial charge < -0.3 is 10.2 Å². The molecule has 1 rings (SSSR count). The van der Waals surface area contributed by atoms with Crippen LogP contribution in [-0.2, 0) is 0 Å². The van der Waals surface area contributed by atoms with Crippen LogP contribution < -0.4 is 16.0 Å². The summed E-state index contributed by atoms with van der Waals surface area (Å²) in [5.41, 5.74) is 2.79. The van der Waals surface area contributed by atoms with E-state index in [0.29, 0.717) is 5.69 Å². The molecule has 0 bridgehead atoms. The van der Waals surface area contributed by atoms with E-state index in [0.717, 1.165) is 0 Å². The van der Waals surface area contributed by atoms with Crippen molar-refractivity contribution in [1.82, 2.24) is 0 Å². The molecular weight excluding hydrogens is 197 g/mol. The summed E-state index contributed by atoms with van der Waals surface area (Å²) in [6.07, 6.45) is -4.66. The van der Waals surface area contributed by atoms with Gasteiger partial charge in [-0.3, -0.25) is 5.84 Å². The molecule has 3 N–H and O–H groups in total. The zero-order valence-electron chi connectivity index (χ0n) is 6.43. The zero-order chi connectivity index (χ0) is 9.90. The van der Waals surface area contributed by atoms with Gasteiger partial charge in [0, 0.05) is 5.69 Å². The van der Waals surface area contributed by atoms with Crippen molar-refractivity contribution in [2.45, 2.75) is 13.8 Å². The Kier molecular flexibility index (Phi) is 4.23. The molecule has 1 aromatic carbocycles. The molecule has 0 heterocycles. The fourth-order valence-corrected chi connectivity index (χ4v) is 0.753. The van der Waals surface area contributed by atoms with E-state index in [4.69, 9.17) is 5.84 Å². The minimum Gasteiger partial charge on any atom is -0.406 e. The minimum atomic E-state index is -4.66. The molecule has 0 amide bonds. The number of hydrogen-bond donors (Lipinski definition) is 2. The normalized spacial score (nSPS) is 10.3. The number of hydrazine groups is 1. The molecule has 0 aliphatic heterocycles. The van der Waals surface area contributed by atoms with Gasteiger partial charge in [-0.2, -0.15) is 0 Å². The van der Waals surface area contributed by atoms with E-state index in [2.05, 4.69) is 10.2 Å². The van der Waals surface area contributed by atoms with Crippen molar-refractivity contribution in [3.8, 4) is 5.75 Å². The lowest BCUT2D eigenvalue weighted by Crippen LogP contribution is -2.17. The van der Waals surface area contributed by atoms with Gasteiger partial charge in [-0.1, -0.05) is 7.43 Å². The lowest BCUT2D eigenvalue weighted by atomic mass is 10.3. The molecule has 0 aliphatic rings. The van der Waals surface area contributed by atoms with E-state index in [9.17, 15) is 13.2 Å². The molecule has 80 valence electrons. The predicted octanol–water partition coefficient (Wildman–Crippen LogP) is 2.51. The molecule has 0 aliphatic carbocycles. The average molecular weight is 208 g/mol. The van der Waals surface area contributed by atoms with Crippen molar-refractivity contribution >= 4 is 5.69 Å². The molecule has 0 saturated carbocycles. The van der Waals surface area contributed by atoms with Crippen LogP contribution in [0.25, 0.3) is 0 Å². The highest BCUT2D eigenvalue weighted by molar-refractivity contribution is 5.45. The predicted molar refractivity (Wildman–Crippen MR) is 47.7 cm³/mol. The minimum absolute atomic E-state index is 0. The summed E-state index contributed by atoms with van der Waals surface area (Å²) < 4.78 is 38.6. The molecule has 3 nitrogen and oxygen atoms in total. The number of alkyl halides is 3. The van der Waals surface area contributed by atoms with Gasteiger partial charge in [-0.05, 0) is 24.3 Å². The van der Waals surface area contributed by atoms with Crippen LogP contribution in [-0.4, -0.2) is 6.36 Å². The van der Waals surface area contributed by atoms with Crippen LogP contribution in [0.3, 0.4) is 0 Å². The highest BCUT2D eigenvalue weighted by atomic mass is 19.4. The zero-order valence-corrected chi connectivity index (χ0v) is 6.43. The quantitative estimate of drug-likeness (QED) is 0.579. The second-order valence-corrected chi connectivity index (χ2v) is 2.22. The maximum absolute atomic E-state index is 11.7. The number of nitrogens with one attached hydrogen (secondary N) is 1. The standard InChI is InChI=1S/C7H7F3N2O.CH4/c8-7(9,10)13-6-3-1-5(12-11)2-4-6;/h1-4,12H,11H2;1H4. The Morgan fingerprint density at radius 1 is 1.14 bits per heavy atom. The molecule has 0 fully saturated rings. The number of halogens is 3. The Labute approximate surface area is 79.6 Å². The van der Waals surface area contributed by atoms with Crippen molar-refractivity contribution in [3.05, 3.63) is 24.3 Å². The van der Waals surface area contributed by atoms with Gasteiger partial charge in [-0.25, -0.2) is 0 Å². The summed E-state index contributed by atoms with van der Waals surface area (Å²) in [6, 6.07) is 5.09. The topological polar surface area (TPSA) is 47.3 Å². The van der Waals surface area contributed by atoms with Gasteiger partial charge in [0.2, 0.25) is 0 Å². The number of nitrogen functional groups attached to an aromatic ring is 1. The molecule has 0 aromatic heterocycles. The molecule has 14 heavy (non-hydrogen) atoms. The first-order valence-electron chi connectivity index (χ1n) is 3.34. The van der Waals surface area contributed by atoms with Gasteiger partial charge in [0.15, 0.2) is 0 Å². The molecule has 6 heteroatoms. The first-order valence-corrected chi connectivity index (χ1v) is 3.34. The van der Waals surface area contributed by atoms with Crippen LogP contribution in [0, 0.1) is 0 Å². The molecule has 0 radical (unpaired) electrons. The number of hydrogen-bond acceptors (Lipinski definition) is 3. The van der Waals surface area contributed by atoms with Crippen LogP contribution in [0.4, 0.5) is 18.9 Å². The van der Waals surface area contributed by atoms with Crippen molar-refractivity contribution in [3.63, 3.8) is 0 Å². The molecule has 1 aromatic rings. The van der Waals surface area contributed by atoms with Crippen LogP contribution >= 0.6 is 0 Å². The van der Waals surface area contributed by atoms with Crippen molar-refractivity contribution in [2.24, 2.45) is 5.84 Å². The summed E-state index contributed by atoms with van der Waals surface area (Å²) in [5, 5.41) is 0. The monoisotopic (exact) mass is 208 g/mol. The molecular formula is C8H11F3N2O. The Hall–Kier alpha value is -1.43. The van der Waals surface area contributed by atoms with E-state index >= 15 is 0 Å². The Bertz CT molecular complexity index is 271. The van der Waals surface area contributed by atoms with Crippen molar-refractivity contribution in [2.75, 3.05) is 5.43 Å². The average Bonchev–Trinajstić information content (AvgIpc) is 2.03. The number of rotatable bonds is 2. The van der Waals surface area contributed by atoms with Crippen LogP contribution in [0.2, 0.25) is 0 Å². The lowest BCUT2D eigenvalue weighted by Gasteiger charge is -2.08. The highest BCUT2D eigenvalue weighted by Gasteiger charge is 2.30. The van der Waals surface area contributed by atoms with E-state index in [-0.39, 0.29) is 13.2 Å². The fraction of sp³-hybridized carbons (Fsp3) is 0.250. The first kappa shape index (κ1) is 12.6. The summed E-state index contributed by atoms with van der Waals surface area (Å²) in [5.74, 6) is 4.74. The smallest absolute Gasteiger partial charge is 0.406 e. The Morgan fingerprint density at radius 2 is 1.64 bits per heavy atom. The summed E-state index contributed by atoms with van der Waals surface area (Å²) in [6.45, 7) is 0. The van der Waals surface area contributed by atoms with Gasteiger partial charge >= 0.3 is 6.36 Å². The maximum Gasteiger partial charge on any atom is 0.573 e. The van der Waals surface area contributed by atoms with Crippen LogP contribution in [0.1, 0.15) is 7.43 Å². The molecule has 0 spiro atoms. The number of benzene rings is 1. The van der Waals surface area contributed by atoms with E-state index < -0.39 is 6.36 Å². The SMILES string of the molecule is C.NNc1ccc(OC(F)(F)F)cc1. The summed E-state index contributed by atoms with van der Waals surface area (Å²) in [7, 11) is 0. The van der Waals surface area contributed by atoms with Gasteiger partial charge in [0.25, 0.3) is 0 Å². The van der Waals surface area contributed by atoms with Crippen LogP contribution in [0.5, 0.6) is 5.75 Å². The van der Waals surface area contributed by atoms with E-state index in [1.54, 1.807) is 0 Å². The van der Waals surface area contributed by atoms with E-state index in [1.807, 2.05) is 0 Å². The first-order chi connectivity index (χ1) is 6.01. The second-order valence-electron chi connectivity index (χ2n) is 2.22. The number of nitrogens with two attached hydrogens (primary N) is 1. The highest BCUT2D eigenvalue weighted by Crippen LogP contribution is 2.23. The lowest BCUT2D eigenvalue weighted by molar-refractivity contribution is -0.274. The number of anilines is 1. The third kappa shape index (κ3) is 3.99. The molecule has 0 saturated heterocycles. The molecule has 0 unspecified atom stereocenters. The number of ether oxygens (including phenoxy) is 1. The third-order valence-electron chi connectivity index (χ3n) is 1.25. The second kappa shape index (κ2) is 4.71. The summed E-state index contributed by atoms with van der Waals surface area (Å²) in [4.78, 5) is 0. The van der Waals surface area contributed by atoms with Gasteiger partial charge in [0.1, 0.15) is 5.75 Å². The Balaban J connectivity index is 0.00000169. The Morgan fingerprint density at radius 3 is 2.00 bits per heavy atom. The van der Waals surface area contributed by atoms with Gasteiger partial charge in [0.05, 0.1) is 0 Å². The van der Waals surface area contributed by atoms with Gasteiger partial charge in [-0.15, -0.1) is 13.2 Å². The molecule has 0 atom stereocenters. The fourth-order valence-electron chi connectivity index (χ4n) is 0.753. The third-order valence-corrected chi connectivity index (χ3v) is 1.25. The van der Waals surface area contributed by atoms with Crippen molar-refractivity contribution < 1.29 is 17.9 Å². The van der Waals surface area contributed by atoms with E-state index in [1.165, 1.54) is 24.3 Å².